The van der Waals surface area contributed by atoms with Gasteiger partial charge >= 0.3 is 5.69 Å². The Labute approximate surface area is 126 Å². The molecule has 0 fully saturated rings. The van der Waals surface area contributed by atoms with Gasteiger partial charge in [-0.3, -0.25) is 14.5 Å². The summed E-state index contributed by atoms with van der Waals surface area (Å²) in [6, 6.07) is 9.32. The zero-order valence-electron chi connectivity index (χ0n) is 12.4. The van der Waals surface area contributed by atoms with Gasteiger partial charge in [-0.25, -0.2) is 9.78 Å². The van der Waals surface area contributed by atoms with Gasteiger partial charge in [0.2, 0.25) is 0 Å². The summed E-state index contributed by atoms with van der Waals surface area (Å²) in [7, 11) is 3.17. The summed E-state index contributed by atoms with van der Waals surface area (Å²) in [6.07, 6.45) is 0.842. The van der Waals surface area contributed by atoms with Crippen molar-refractivity contribution in [1.82, 2.24) is 18.7 Å². The third kappa shape index (κ3) is 2.15. The average molecular weight is 299 g/mol. The van der Waals surface area contributed by atoms with Crippen LogP contribution in [0.4, 0.5) is 0 Å². The van der Waals surface area contributed by atoms with E-state index in [4.69, 9.17) is 5.41 Å². The number of hydrogen-bond donors (Lipinski definition) is 2. The number of imidazole rings is 1. The van der Waals surface area contributed by atoms with E-state index in [-0.39, 0.29) is 17.7 Å². The summed E-state index contributed by atoms with van der Waals surface area (Å²) < 4.78 is 4.36. The van der Waals surface area contributed by atoms with Gasteiger partial charge in [-0.2, -0.15) is 0 Å². The van der Waals surface area contributed by atoms with E-state index in [2.05, 4.69) is 4.98 Å². The van der Waals surface area contributed by atoms with Crippen LogP contribution in [0.5, 0.6) is 0 Å². The van der Waals surface area contributed by atoms with Crippen molar-refractivity contribution in [3.8, 4) is 0 Å². The van der Waals surface area contributed by atoms with Gasteiger partial charge in [-0.15, -0.1) is 0 Å². The highest BCUT2D eigenvalue weighted by atomic mass is 16.3. The summed E-state index contributed by atoms with van der Waals surface area (Å²) in [6.45, 7) is 0.268. The number of benzene rings is 1. The first kappa shape index (κ1) is 14.3. The number of nitrogens with one attached hydrogen (secondary N) is 1. The topological polar surface area (TPSA) is 88.8 Å². The van der Waals surface area contributed by atoms with Crippen LogP contribution < -0.4 is 11.2 Å². The smallest absolute Gasteiger partial charge is 0.330 e. The highest BCUT2D eigenvalue weighted by Crippen LogP contribution is 2.16. The zero-order valence-corrected chi connectivity index (χ0v) is 12.4. The minimum Gasteiger partial charge on any atom is -0.387 e. The van der Waals surface area contributed by atoms with Crippen LogP contribution in [0.1, 0.15) is 11.7 Å². The molecule has 1 atom stereocenters. The van der Waals surface area contributed by atoms with Crippen molar-refractivity contribution in [1.29, 1.82) is 5.41 Å². The monoisotopic (exact) mass is 299 g/mol. The molecule has 2 N–H and O–H groups in total. The molecule has 0 aliphatic rings. The lowest BCUT2D eigenvalue weighted by atomic mass is 10.1. The Morgan fingerprint density at radius 3 is 2.59 bits per heavy atom. The van der Waals surface area contributed by atoms with Crippen LogP contribution in [0.2, 0.25) is 0 Å². The van der Waals surface area contributed by atoms with Gasteiger partial charge < -0.3 is 9.67 Å². The lowest BCUT2D eigenvalue weighted by Gasteiger charge is -2.13. The predicted molar refractivity (Wildman–Crippen MR) is 81.2 cm³/mol. The summed E-state index contributed by atoms with van der Waals surface area (Å²) in [5.74, 6) is 0. The van der Waals surface area contributed by atoms with E-state index in [0.717, 1.165) is 5.56 Å². The highest BCUT2D eigenvalue weighted by Gasteiger charge is 2.15. The van der Waals surface area contributed by atoms with Crippen molar-refractivity contribution < 1.29 is 5.11 Å². The Bertz CT molecular complexity index is 936. The van der Waals surface area contributed by atoms with Crippen LogP contribution in [-0.2, 0) is 20.6 Å². The summed E-state index contributed by atoms with van der Waals surface area (Å²) in [5, 5.41) is 18.5. The Balaban J connectivity index is 2.10. The predicted octanol–water partition coefficient (Wildman–Crippen LogP) is 0.287. The molecule has 3 rings (SSSR count). The molecule has 7 heteroatoms. The molecular weight excluding hydrogens is 282 g/mol. The molecule has 2 heterocycles. The first-order valence-electron chi connectivity index (χ1n) is 6.89. The maximum absolute atomic E-state index is 12.0. The second-order valence-electron chi connectivity index (χ2n) is 5.24. The van der Waals surface area contributed by atoms with Gasteiger partial charge in [-0.1, -0.05) is 30.3 Å². The second-order valence-corrected chi connectivity index (χ2v) is 5.24. The van der Waals surface area contributed by atoms with E-state index in [1.165, 1.54) is 9.13 Å². The molecule has 0 aliphatic carbocycles. The van der Waals surface area contributed by atoms with Crippen molar-refractivity contribution in [2.24, 2.45) is 14.1 Å². The molecule has 114 valence electrons. The Hall–Kier alpha value is -2.67. The van der Waals surface area contributed by atoms with E-state index in [1.54, 1.807) is 25.0 Å². The fraction of sp³-hybridized carbons (Fsp3) is 0.267. The zero-order chi connectivity index (χ0) is 15.9. The second kappa shape index (κ2) is 5.27. The molecule has 3 aromatic rings. The normalized spacial score (nSPS) is 12.7. The van der Waals surface area contributed by atoms with Crippen molar-refractivity contribution >= 4 is 11.2 Å². The van der Waals surface area contributed by atoms with Gasteiger partial charge in [0.05, 0.1) is 19.0 Å². The molecule has 22 heavy (non-hydrogen) atoms. The van der Waals surface area contributed by atoms with Crippen LogP contribution >= 0.6 is 0 Å². The number of fused-ring (bicyclic) bond motifs is 1. The summed E-state index contributed by atoms with van der Waals surface area (Å²) >= 11 is 0. The van der Waals surface area contributed by atoms with Crippen molar-refractivity contribution in [3.63, 3.8) is 0 Å². The third-order valence-corrected chi connectivity index (χ3v) is 3.82. The van der Waals surface area contributed by atoms with Crippen LogP contribution in [0.25, 0.3) is 11.2 Å². The van der Waals surface area contributed by atoms with Crippen LogP contribution in [0.15, 0.2) is 41.5 Å². The molecule has 0 radical (unpaired) electrons. The Morgan fingerprint density at radius 1 is 1.23 bits per heavy atom. The van der Waals surface area contributed by atoms with Gasteiger partial charge in [-0.05, 0) is 5.56 Å². The number of hydrogen-bond acceptors (Lipinski definition) is 4. The number of aliphatic hydroxyl groups excluding tert-OH is 1. The fourth-order valence-electron chi connectivity index (χ4n) is 2.53. The van der Waals surface area contributed by atoms with Crippen molar-refractivity contribution in [2.75, 3.05) is 0 Å². The molecule has 7 nitrogen and oxygen atoms in total. The number of aryl methyl sites for hydroxylation is 1. The van der Waals surface area contributed by atoms with E-state index >= 15 is 0 Å². The van der Waals surface area contributed by atoms with Crippen LogP contribution in [0.3, 0.4) is 0 Å². The molecule has 0 amide bonds. The Morgan fingerprint density at radius 2 is 1.91 bits per heavy atom. The molecule has 2 aromatic heterocycles. The lowest BCUT2D eigenvalue weighted by Crippen LogP contribution is -2.37. The minimum absolute atomic E-state index is 0.0795. The van der Waals surface area contributed by atoms with Gasteiger partial charge in [0.25, 0.3) is 0 Å². The summed E-state index contributed by atoms with van der Waals surface area (Å²) in [4.78, 5) is 16.2. The van der Waals surface area contributed by atoms with E-state index < -0.39 is 6.10 Å². The molecular formula is C15H17N5O2. The number of aliphatic hydroxyl groups is 1. The number of rotatable bonds is 3. The van der Waals surface area contributed by atoms with Crippen molar-refractivity contribution in [3.05, 3.63) is 58.2 Å². The molecule has 0 bridgehead atoms. The van der Waals surface area contributed by atoms with Crippen LogP contribution in [0, 0.1) is 5.41 Å². The number of aromatic nitrogens is 4. The standard InChI is InChI=1S/C15H17N5O2/c1-18-13(16)12-14(19(2)15(18)22)17-9-20(12)8-11(21)10-6-4-3-5-7-10/h3-7,9,11,16,21H,8H2,1-2H3. The molecule has 0 aliphatic heterocycles. The SMILES string of the molecule is Cn1c(=N)c2c(ncn2CC(O)c2ccccc2)n(C)c1=O. The minimum atomic E-state index is -0.708. The number of nitrogens with zero attached hydrogens (tertiary/aromatic N) is 4. The van der Waals surface area contributed by atoms with Gasteiger partial charge in [0, 0.05) is 14.1 Å². The first-order valence-corrected chi connectivity index (χ1v) is 6.89. The van der Waals surface area contributed by atoms with E-state index in [1.807, 2.05) is 30.3 Å². The quantitative estimate of drug-likeness (QED) is 0.728. The third-order valence-electron chi connectivity index (χ3n) is 3.82. The van der Waals surface area contributed by atoms with Gasteiger partial charge in [0.1, 0.15) is 5.52 Å². The highest BCUT2D eigenvalue weighted by molar-refractivity contribution is 5.69. The van der Waals surface area contributed by atoms with Gasteiger partial charge in [0.15, 0.2) is 11.1 Å². The largest absolute Gasteiger partial charge is 0.387 e. The fourth-order valence-corrected chi connectivity index (χ4v) is 2.53. The van der Waals surface area contributed by atoms with Crippen LogP contribution in [-0.4, -0.2) is 23.8 Å². The maximum Gasteiger partial charge on any atom is 0.330 e. The average Bonchev–Trinajstić information content (AvgIpc) is 2.95. The van der Waals surface area contributed by atoms with E-state index in [9.17, 15) is 9.90 Å². The Kier molecular flexibility index (Phi) is 3.42. The molecule has 0 saturated heterocycles. The maximum atomic E-state index is 12.0. The van der Waals surface area contributed by atoms with Crippen molar-refractivity contribution in [2.45, 2.75) is 12.6 Å². The molecule has 0 spiro atoms. The van der Waals surface area contributed by atoms with E-state index in [0.29, 0.717) is 11.2 Å². The lowest BCUT2D eigenvalue weighted by molar-refractivity contribution is 0.158. The first-order chi connectivity index (χ1) is 10.5. The summed E-state index contributed by atoms with van der Waals surface area (Å²) in [5.41, 5.74) is 1.54. The molecule has 0 saturated carbocycles. The molecule has 1 unspecified atom stereocenters. The molecule has 1 aromatic carbocycles.